The quantitative estimate of drug-likeness (QED) is 0.556. The summed E-state index contributed by atoms with van der Waals surface area (Å²) in [7, 11) is -3.26. The number of carboxylic acid groups (broad SMARTS) is 1. The number of hydrogen-bond acceptors (Lipinski definition) is 4. The second-order valence-electron chi connectivity index (χ2n) is 4.09. The maximum atomic E-state index is 11.3. The molecule has 7 nitrogen and oxygen atoms in total. The van der Waals surface area contributed by atoms with Crippen molar-refractivity contribution in [3.05, 3.63) is 12.2 Å². The Morgan fingerprint density at radius 3 is 2.33 bits per heavy atom. The average molecular weight is 278 g/mol. The van der Waals surface area contributed by atoms with E-state index in [2.05, 4.69) is 17.2 Å². The lowest BCUT2D eigenvalue weighted by molar-refractivity contribution is -0.139. The smallest absolute Gasteiger partial charge is 0.326 e. The number of carboxylic acids is 1. The Balaban J connectivity index is 4.32. The van der Waals surface area contributed by atoms with Gasteiger partial charge < -0.3 is 15.7 Å². The summed E-state index contributed by atoms with van der Waals surface area (Å²) in [5.74, 6) is -1.57. The van der Waals surface area contributed by atoms with E-state index in [0.29, 0.717) is 5.57 Å². The molecule has 0 fully saturated rings. The van der Waals surface area contributed by atoms with Crippen LogP contribution in [0.4, 0.5) is 4.79 Å². The van der Waals surface area contributed by atoms with Gasteiger partial charge in [-0.05, 0) is 13.3 Å². The van der Waals surface area contributed by atoms with Gasteiger partial charge >= 0.3 is 12.0 Å². The molecule has 1 unspecified atom stereocenters. The van der Waals surface area contributed by atoms with Crippen LogP contribution in [0.2, 0.25) is 0 Å². The largest absolute Gasteiger partial charge is 0.480 e. The zero-order valence-corrected chi connectivity index (χ0v) is 11.2. The molecule has 0 aromatic rings. The molecule has 2 amide bonds. The molecule has 104 valence electrons. The fraction of sp³-hybridized carbons (Fsp3) is 0.600. The van der Waals surface area contributed by atoms with Gasteiger partial charge in [0.1, 0.15) is 15.9 Å². The summed E-state index contributed by atoms with van der Waals surface area (Å²) >= 11 is 0. The molecule has 0 aliphatic carbocycles. The van der Waals surface area contributed by atoms with Gasteiger partial charge in [-0.1, -0.05) is 12.2 Å². The van der Waals surface area contributed by atoms with Crippen LogP contribution in [-0.2, 0) is 14.6 Å². The first-order valence-corrected chi connectivity index (χ1v) is 7.27. The predicted molar refractivity (Wildman–Crippen MR) is 67.1 cm³/mol. The number of hydrogen-bond donors (Lipinski definition) is 3. The number of carbonyl (C=O) groups is 2. The Labute approximate surface area is 106 Å². The predicted octanol–water partition coefficient (Wildman–Crippen LogP) is -0.250. The van der Waals surface area contributed by atoms with Crippen molar-refractivity contribution in [2.24, 2.45) is 0 Å². The molecule has 1 atom stereocenters. The molecule has 0 radical (unpaired) electrons. The van der Waals surface area contributed by atoms with Crippen LogP contribution < -0.4 is 10.6 Å². The topological polar surface area (TPSA) is 113 Å². The maximum absolute atomic E-state index is 11.3. The van der Waals surface area contributed by atoms with Gasteiger partial charge in [0.2, 0.25) is 0 Å². The summed E-state index contributed by atoms with van der Waals surface area (Å²) in [6, 6.07) is -1.90. The summed E-state index contributed by atoms with van der Waals surface area (Å²) in [5.41, 5.74) is 0.716. The van der Waals surface area contributed by atoms with E-state index in [1.54, 1.807) is 6.92 Å². The van der Waals surface area contributed by atoms with E-state index in [9.17, 15) is 18.0 Å². The summed E-state index contributed by atoms with van der Waals surface area (Å²) < 4.78 is 21.9. The molecule has 0 aromatic heterocycles. The molecule has 0 aliphatic rings. The SMILES string of the molecule is C=C(C)CNC(=O)NC(CCS(C)(=O)=O)C(=O)O. The normalized spacial score (nSPS) is 12.6. The second kappa shape index (κ2) is 7.00. The summed E-state index contributed by atoms with van der Waals surface area (Å²) in [4.78, 5) is 22.1. The Morgan fingerprint density at radius 1 is 1.39 bits per heavy atom. The Hall–Kier alpha value is -1.57. The van der Waals surface area contributed by atoms with Crippen molar-refractivity contribution < 1.29 is 23.1 Å². The van der Waals surface area contributed by atoms with Gasteiger partial charge in [-0.2, -0.15) is 0 Å². The number of amides is 2. The number of aliphatic carboxylic acids is 1. The maximum Gasteiger partial charge on any atom is 0.326 e. The number of nitrogens with one attached hydrogen (secondary N) is 2. The molecule has 0 saturated heterocycles. The molecule has 3 N–H and O–H groups in total. The van der Waals surface area contributed by atoms with Crippen molar-refractivity contribution in [3.63, 3.8) is 0 Å². The lowest BCUT2D eigenvalue weighted by atomic mass is 10.2. The highest BCUT2D eigenvalue weighted by molar-refractivity contribution is 7.90. The molecular weight excluding hydrogens is 260 g/mol. The summed E-state index contributed by atoms with van der Waals surface area (Å²) in [6.07, 6.45) is 0.835. The summed E-state index contributed by atoms with van der Waals surface area (Å²) in [6.45, 7) is 5.51. The molecule has 0 aromatic carbocycles. The Kier molecular flexibility index (Phi) is 6.39. The van der Waals surface area contributed by atoms with Crippen molar-refractivity contribution in [2.45, 2.75) is 19.4 Å². The van der Waals surface area contributed by atoms with Crippen LogP contribution in [0.3, 0.4) is 0 Å². The fourth-order valence-corrected chi connectivity index (χ4v) is 1.69. The second-order valence-corrected chi connectivity index (χ2v) is 6.35. The van der Waals surface area contributed by atoms with Crippen LogP contribution >= 0.6 is 0 Å². The molecule has 0 heterocycles. The Bertz CT molecular complexity index is 430. The van der Waals surface area contributed by atoms with Crippen molar-refractivity contribution in [1.29, 1.82) is 0 Å². The standard InChI is InChI=1S/C10H18N2O5S/c1-7(2)6-11-10(15)12-8(9(13)14)4-5-18(3,16)17/h8H,1,4-6H2,2-3H3,(H,13,14)(H2,11,12,15). The molecule has 8 heteroatoms. The van der Waals surface area contributed by atoms with E-state index in [0.717, 1.165) is 6.26 Å². The average Bonchev–Trinajstić information content (AvgIpc) is 2.19. The molecule has 0 saturated carbocycles. The Morgan fingerprint density at radius 2 is 1.94 bits per heavy atom. The van der Waals surface area contributed by atoms with Crippen molar-refractivity contribution >= 4 is 21.8 Å². The van der Waals surface area contributed by atoms with Gasteiger partial charge in [-0.15, -0.1) is 0 Å². The monoisotopic (exact) mass is 278 g/mol. The minimum absolute atomic E-state index is 0.172. The van der Waals surface area contributed by atoms with E-state index in [4.69, 9.17) is 5.11 Å². The van der Waals surface area contributed by atoms with E-state index in [-0.39, 0.29) is 18.7 Å². The first kappa shape index (κ1) is 16.4. The highest BCUT2D eigenvalue weighted by Crippen LogP contribution is 1.97. The van der Waals surface area contributed by atoms with Gasteiger partial charge in [0, 0.05) is 12.8 Å². The van der Waals surface area contributed by atoms with Gasteiger partial charge in [-0.3, -0.25) is 0 Å². The third-order valence-corrected chi connectivity index (χ3v) is 2.91. The van der Waals surface area contributed by atoms with E-state index < -0.39 is 27.9 Å². The van der Waals surface area contributed by atoms with Crippen LogP contribution in [-0.4, -0.2) is 50.1 Å². The molecule has 0 bridgehead atoms. The highest BCUT2D eigenvalue weighted by Gasteiger charge is 2.21. The van der Waals surface area contributed by atoms with Crippen molar-refractivity contribution in [3.8, 4) is 0 Å². The van der Waals surface area contributed by atoms with Gasteiger partial charge in [0.15, 0.2) is 0 Å². The first-order valence-electron chi connectivity index (χ1n) is 5.21. The van der Waals surface area contributed by atoms with Gasteiger partial charge in [0.25, 0.3) is 0 Å². The fourth-order valence-electron chi connectivity index (χ4n) is 1.03. The minimum Gasteiger partial charge on any atom is -0.480 e. The molecule has 0 aliphatic heterocycles. The van der Waals surface area contributed by atoms with Crippen LogP contribution in [0.5, 0.6) is 0 Å². The zero-order chi connectivity index (χ0) is 14.3. The van der Waals surface area contributed by atoms with E-state index in [1.165, 1.54) is 0 Å². The lowest BCUT2D eigenvalue weighted by Gasteiger charge is -2.14. The molecule has 18 heavy (non-hydrogen) atoms. The van der Waals surface area contributed by atoms with E-state index in [1.807, 2.05) is 0 Å². The highest BCUT2D eigenvalue weighted by atomic mass is 32.2. The van der Waals surface area contributed by atoms with Gasteiger partial charge in [-0.25, -0.2) is 18.0 Å². The zero-order valence-electron chi connectivity index (χ0n) is 10.4. The third-order valence-electron chi connectivity index (χ3n) is 1.93. The van der Waals surface area contributed by atoms with Gasteiger partial charge in [0.05, 0.1) is 5.75 Å². The summed E-state index contributed by atoms with van der Waals surface area (Å²) in [5, 5.41) is 13.4. The van der Waals surface area contributed by atoms with Crippen molar-refractivity contribution in [2.75, 3.05) is 18.6 Å². The number of carbonyl (C=O) groups excluding carboxylic acids is 1. The number of urea groups is 1. The van der Waals surface area contributed by atoms with Crippen molar-refractivity contribution in [1.82, 2.24) is 10.6 Å². The molecular formula is C10H18N2O5S. The van der Waals surface area contributed by atoms with Crippen LogP contribution in [0.1, 0.15) is 13.3 Å². The van der Waals surface area contributed by atoms with Crippen LogP contribution in [0, 0.1) is 0 Å². The third kappa shape index (κ3) is 8.57. The molecule has 0 spiro atoms. The lowest BCUT2D eigenvalue weighted by Crippen LogP contribution is -2.47. The van der Waals surface area contributed by atoms with Crippen LogP contribution in [0.25, 0.3) is 0 Å². The number of rotatable bonds is 7. The first-order chi connectivity index (χ1) is 8.11. The molecule has 0 rings (SSSR count). The van der Waals surface area contributed by atoms with E-state index >= 15 is 0 Å². The minimum atomic E-state index is -3.26. The van der Waals surface area contributed by atoms with Crippen LogP contribution in [0.15, 0.2) is 12.2 Å². The number of sulfone groups is 1.